The van der Waals surface area contributed by atoms with Crippen LogP contribution in [-0.4, -0.2) is 48.6 Å². The fourth-order valence-electron chi connectivity index (χ4n) is 0.467. The topological polar surface area (TPSA) is 93.1 Å². The molecule has 0 saturated heterocycles. The van der Waals surface area contributed by atoms with Gasteiger partial charge in [0.2, 0.25) is 0 Å². The van der Waals surface area contributed by atoms with Crippen LogP contribution in [0.4, 0.5) is 0 Å². The Morgan fingerprint density at radius 2 is 1.65 bits per heavy atom. The number of aliphatic hydroxyl groups is 2. The van der Waals surface area contributed by atoms with Gasteiger partial charge in [-0.25, -0.2) is 9.59 Å². The second kappa shape index (κ2) is 12.4. The Hall–Kier alpha value is -1.66. The van der Waals surface area contributed by atoms with Crippen molar-refractivity contribution < 1.29 is 29.3 Å². The number of aliphatic hydroxyl groups excluding tert-OH is 2. The Morgan fingerprint density at radius 3 is 2.00 bits per heavy atom. The zero-order valence-electron chi connectivity index (χ0n) is 9.85. The maximum atomic E-state index is 10.5. The van der Waals surface area contributed by atoms with E-state index in [0.29, 0.717) is 5.57 Å². The summed E-state index contributed by atoms with van der Waals surface area (Å²) in [5.74, 6) is -0.955. The monoisotopic (exact) mass is 246 g/mol. The van der Waals surface area contributed by atoms with E-state index in [9.17, 15) is 9.59 Å². The smallest absolute Gasteiger partial charge is 0.333 e. The molecular weight excluding hydrogens is 228 g/mol. The van der Waals surface area contributed by atoms with E-state index >= 15 is 0 Å². The summed E-state index contributed by atoms with van der Waals surface area (Å²) in [5.41, 5.74) is 0.350. The molecule has 0 radical (unpaired) electrons. The standard InChI is InChI=1S/C6H10O3.C5H8O3/c1-5(2)6(8)9-4-3-7;1-2-5(7)8-4-3-6/h7H,1,3-4H2,2H3;2,6H,1,3-4H2. The molecule has 17 heavy (non-hydrogen) atoms. The van der Waals surface area contributed by atoms with Gasteiger partial charge in [-0.3, -0.25) is 0 Å². The lowest BCUT2D eigenvalue weighted by molar-refractivity contribution is -0.140. The third kappa shape index (κ3) is 14.3. The van der Waals surface area contributed by atoms with Crippen molar-refractivity contribution in [2.75, 3.05) is 26.4 Å². The molecule has 0 atom stereocenters. The molecule has 0 aromatic heterocycles. The van der Waals surface area contributed by atoms with Crippen LogP contribution in [-0.2, 0) is 19.1 Å². The summed E-state index contributed by atoms with van der Waals surface area (Å²) in [4.78, 5) is 20.6. The van der Waals surface area contributed by atoms with E-state index in [1.165, 1.54) is 0 Å². The highest BCUT2D eigenvalue weighted by Gasteiger charge is 1.99. The molecule has 0 saturated carbocycles. The van der Waals surface area contributed by atoms with E-state index < -0.39 is 11.9 Å². The number of hydrogen-bond donors (Lipinski definition) is 2. The lowest BCUT2D eigenvalue weighted by Gasteiger charge is -1.99. The van der Waals surface area contributed by atoms with Gasteiger partial charge in [-0.05, 0) is 6.92 Å². The molecule has 0 unspecified atom stereocenters. The third-order valence-electron chi connectivity index (χ3n) is 1.18. The van der Waals surface area contributed by atoms with Gasteiger partial charge < -0.3 is 19.7 Å². The highest BCUT2D eigenvalue weighted by Crippen LogP contribution is 1.89. The number of rotatable bonds is 6. The van der Waals surface area contributed by atoms with Gasteiger partial charge in [0.15, 0.2) is 0 Å². The van der Waals surface area contributed by atoms with Gasteiger partial charge in [-0.2, -0.15) is 0 Å². The largest absolute Gasteiger partial charge is 0.460 e. The summed E-state index contributed by atoms with van der Waals surface area (Å²) in [6.45, 7) is 7.88. The molecule has 2 N–H and O–H groups in total. The van der Waals surface area contributed by atoms with Gasteiger partial charge in [0.05, 0.1) is 13.2 Å². The van der Waals surface area contributed by atoms with E-state index in [1.807, 2.05) is 0 Å². The van der Waals surface area contributed by atoms with Crippen LogP contribution in [0.2, 0.25) is 0 Å². The molecule has 0 spiro atoms. The summed E-state index contributed by atoms with van der Waals surface area (Å²) in [6.07, 6.45) is 1.05. The van der Waals surface area contributed by atoms with Gasteiger partial charge in [-0.15, -0.1) is 0 Å². The van der Waals surface area contributed by atoms with Crippen molar-refractivity contribution >= 4 is 11.9 Å². The molecule has 0 aliphatic heterocycles. The van der Waals surface area contributed by atoms with Crippen molar-refractivity contribution in [2.45, 2.75) is 6.92 Å². The zero-order chi connectivity index (χ0) is 13.7. The SMILES string of the molecule is C=C(C)C(=O)OCCO.C=CC(=O)OCCO. The fourth-order valence-corrected chi connectivity index (χ4v) is 0.467. The molecule has 6 heteroatoms. The van der Waals surface area contributed by atoms with E-state index in [1.54, 1.807) is 6.92 Å². The molecule has 0 rings (SSSR count). The van der Waals surface area contributed by atoms with Crippen molar-refractivity contribution in [3.8, 4) is 0 Å². The maximum Gasteiger partial charge on any atom is 0.333 e. The molecule has 6 nitrogen and oxygen atoms in total. The van der Waals surface area contributed by atoms with Crippen LogP contribution >= 0.6 is 0 Å². The van der Waals surface area contributed by atoms with Crippen molar-refractivity contribution in [2.24, 2.45) is 0 Å². The first-order valence-corrected chi connectivity index (χ1v) is 4.83. The van der Waals surface area contributed by atoms with Gasteiger partial charge in [0, 0.05) is 11.6 Å². The van der Waals surface area contributed by atoms with Gasteiger partial charge >= 0.3 is 11.9 Å². The predicted molar refractivity (Wildman–Crippen MR) is 61.1 cm³/mol. The van der Waals surface area contributed by atoms with Gasteiger partial charge in [-0.1, -0.05) is 13.2 Å². The number of esters is 2. The first kappa shape index (κ1) is 17.7. The third-order valence-corrected chi connectivity index (χ3v) is 1.18. The first-order chi connectivity index (χ1) is 7.99. The number of carbonyl (C=O) groups excluding carboxylic acids is 2. The Kier molecular flexibility index (Phi) is 12.9. The normalized spacial score (nSPS) is 8.41. The molecule has 0 heterocycles. The van der Waals surface area contributed by atoms with E-state index in [2.05, 4.69) is 22.6 Å². The number of ether oxygens (including phenoxy) is 2. The number of hydrogen-bond acceptors (Lipinski definition) is 6. The van der Waals surface area contributed by atoms with Crippen molar-refractivity contribution in [1.82, 2.24) is 0 Å². The lowest BCUT2D eigenvalue weighted by Crippen LogP contribution is -2.08. The molecule has 0 aromatic rings. The second-order valence-electron chi connectivity index (χ2n) is 2.74. The average molecular weight is 246 g/mol. The summed E-state index contributed by atoms with van der Waals surface area (Å²) in [5, 5.41) is 16.3. The summed E-state index contributed by atoms with van der Waals surface area (Å²) in [7, 11) is 0. The van der Waals surface area contributed by atoms with Gasteiger partial charge in [0.1, 0.15) is 13.2 Å². The summed E-state index contributed by atoms with van der Waals surface area (Å²) in [6, 6.07) is 0. The van der Waals surface area contributed by atoms with Crippen LogP contribution in [0.3, 0.4) is 0 Å². The molecular formula is C11H18O6. The fraction of sp³-hybridized carbons (Fsp3) is 0.455. The highest BCUT2D eigenvalue weighted by molar-refractivity contribution is 5.86. The van der Waals surface area contributed by atoms with E-state index in [0.717, 1.165) is 6.08 Å². The Bertz CT molecular complexity index is 259. The Morgan fingerprint density at radius 1 is 1.18 bits per heavy atom. The minimum Gasteiger partial charge on any atom is -0.460 e. The molecule has 0 aliphatic rings. The lowest BCUT2D eigenvalue weighted by atomic mass is 10.4. The quantitative estimate of drug-likeness (QED) is 0.498. The van der Waals surface area contributed by atoms with Gasteiger partial charge in [0.25, 0.3) is 0 Å². The Labute approximate surface area is 100 Å². The van der Waals surface area contributed by atoms with Crippen LogP contribution in [0.15, 0.2) is 24.8 Å². The van der Waals surface area contributed by atoms with Crippen LogP contribution in [0.5, 0.6) is 0 Å². The molecule has 0 bridgehead atoms. The number of carbonyl (C=O) groups is 2. The summed E-state index contributed by atoms with van der Waals surface area (Å²) >= 11 is 0. The zero-order valence-corrected chi connectivity index (χ0v) is 9.85. The Balaban J connectivity index is 0. The molecule has 0 amide bonds. The van der Waals surface area contributed by atoms with Crippen LogP contribution in [0.1, 0.15) is 6.92 Å². The van der Waals surface area contributed by atoms with Crippen LogP contribution in [0.25, 0.3) is 0 Å². The minimum absolute atomic E-state index is 0.0465. The van der Waals surface area contributed by atoms with Crippen LogP contribution < -0.4 is 0 Å². The van der Waals surface area contributed by atoms with Crippen molar-refractivity contribution in [3.63, 3.8) is 0 Å². The maximum absolute atomic E-state index is 10.5. The summed E-state index contributed by atoms with van der Waals surface area (Å²) < 4.78 is 8.80. The molecule has 98 valence electrons. The molecule has 0 aliphatic carbocycles. The molecule has 0 aromatic carbocycles. The van der Waals surface area contributed by atoms with Crippen LogP contribution in [0, 0.1) is 0 Å². The van der Waals surface area contributed by atoms with Crippen molar-refractivity contribution in [1.29, 1.82) is 0 Å². The van der Waals surface area contributed by atoms with E-state index in [4.69, 9.17) is 10.2 Å². The van der Waals surface area contributed by atoms with Crippen molar-refractivity contribution in [3.05, 3.63) is 24.8 Å². The second-order valence-corrected chi connectivity index (χ2v) is 2.74. The van der Waals surface area contributed by atoms with E-state index in [-0.39, 0.29) is 26.4 Å². The molecule has 0 fully saturated rings. The minimum atomic E-state index is -0.501. The predicted octanol–water partition coefficient (Wildman–Crippen LogP) is -0.194. The highest BCUT2D eigenvalue weighted by atomic mass is 16.5. The first-order valence-electron chi connectivity index (χ1n) is 4.83. The average Bonchev–Trinajstić information content (AvgIpc) is 2.33.